The van der Waals surface area contributed by atoms with Crippen molar-refractivity contribution in [1.82, 2.24) is 25.0 Å². The van der Waals surface area contributed by atoms with Crippen molar-refractivity contribution in [3.8, 4) is 11.4 Å². The Kier molecular flexibility index (Phi) is 2.86. The largest absolute Gasteiger partial charge is 0.361 e. The van der Waals surface area contributed by atoms with Crippen LogP contribution in [-0.2, 0) is 6.42 Å². The van der Waals surface area contributed by atoms with E-state index in [4.69, 9.17) is 4.52 Å². The lowest BCUT2D eigenvalue weighted by Gasteiger charge is -1.95. The second kappa shape index (κ2) is 4.74. The lowest BCUT2D eigenvalue weighted by Crippen LogP contribution is -1.94. The number of fused-ring (bicyclic) bond motifs is 1. The Morgan fingerprint density at radius 1 is 1.29 bits per heavy atom. The quantitative estimate of drug-likeness (QED) is 0.581. The molecule has 0 aromatic carbocycles. The molecule has 0 unspecified atom stereocenters. The topological polar surface area (TPSA) is 69.1 Å². The maximum absolute atomic E-state index is 5.20. The Morgan fingerprint density at radius 2 is 2.19 bits per heavy atom. The van der Waals surface area contributed by atoms with Crippen molar-refractivity contribution >= 4 is 27.6 Å². The summed E-state index contributed by atoms with van der Waals surface area (Å²) in [7, 11) is 0. The highest BCUT2D eigenvalue weighted by atomic mass is 32.1. The molecule has 0 bridgehead atoms. The van der Waals surface area contributed by atoms with E-state index in [-0.39, 0.29) is 0 Å². The van der Waals surface area contributed by atoms with Crippen LogP contribution in [-0.4, -0.2) is 25.0 Å². The molecule has 106 valence electrons. The maximum atomic E-state index is 5.20. The summed E-state index contributed by atoms with van der Waals surface area (Å²) in [6, 6.07) is 2.02. The van der Waals surface area contributed by atoms with Gasteiger partial charge in [-0.1, -0.05) is 16.5 Å². The van der Waals surface area contributed by atoms with Crippen molar-refractivity contribution in [3.05, 3.63) is 38.9 Å². The molecule has 0 fully saturated rings. The van der Waals surface area contributed by atoms with Gasteiger partial charge in [0.15, 0.2) is 5.82 Å². The van der Waals surface area contributed by atoms with Crippen molar-refractivity contribution in [1.29, 1.82) is 0 Å². The molecule has 4 rings (SSSR count). The van der Waals surface area contributed by atoms with Crippen LogP contribution in [0.3, 0.4) is 0 Å². The number of hydrogen-bond acceptors (Lipinski definition) is 7. The SMILES string of the molecule is Cc1noc(C)c1Cc1nn2c(-c3ccsc3)nnc2s1. The fourth-order valence-electron chi connectivity index (χ4n) is 2.21. The molecule has 0 amide bonds. The van der Waals surface area contributed by atoms with E-state index in [1.54, 1.807) is 27.2 Å². The number of aromatic nitrogens is 5. The van der Waals surface area contributed by atoms with Crippen LogP contribution in [0.4, 0.5) is 0 Å². The van der Waals surface area contributed by atoms with Gasteiger partial charge in [0.05, 0.1) is 5.69 Å². The van der Waals surface area contributed by atoms with Crippen molar-refractivity contribution < 1.29 is 4.52 Å². The van der Waals surface area contributed by atoms with Crippen LogP contribution in [0.15, 0.2) is 21.3 Å². The molecule has 0 aliphatic rings. The Balaban J connectivity index is 1.75. The molecule has 4 aromatic heterocycles. The molecule has 0 spiro atoms. The minimum Gasteiger partial charge on any atom is -0.361 e. The summed E-state index contributed by atoms with van der Waals surface area (Å²) in [4.78, 5) is 0.804. The van der Waals surface area contributed by atoms with Gasteiger partial charge in [0.25, 0.3) is 0 Å². The number of thiophene rings is 1. The summed E-state index contributed by atoms with van der Waals surface area (Å²) in [6.07, 6.45) is 0.707. The van der Waals surface area contributed by atoms with Crippen LogP contribution in [0.1, 0.15) is 22.0 Å². The van der Waals surface area contributed by atoms with E-state index in [1.807, 2.05) is 30.7 Å². The third-order valence-electron chi connectivity index (χ3n) is 3.32. The zero-order valence-corrected chi connectivity index (χ0v) is 13.0. The van der Waals surface area contributed by atoms with Gasteiger partial charge in [0, 0.05) is 22.9 Å². The molecular weight excluding hydrogens is 306 g/mol. The van der Waals surface area contributed by atoms with E-state index in [9.17, 15) is 0 Å². The van der Waals surface area contributed by atoms with Gasteiger partial charge >= 0.3 is 0 Å². The average molecular weight is 317 g/mol. The Bertz CT molecular complexity index is 883. The number of nitrogens with zero attached hydrogens (tertiary/aromatic N) is 5. The maximum Gasteiger partial charge on any atom is 0.234 e. The molecule has 0 saturated heterocycles. The van der Waals surface area contributed by atoms with Crippen molar-refractivity contribution in [2.24, 2.45) is 0 Å². The summed E-state index contributed by atoms with van der Waals surface area (Å²) in [5.74, 6) is 1.63. The Labute approximate surface area is 128 Å². The number of aryl methyl sites for hydroxylation is 2. The van der Waals surface area contributed by atoms with Crippen LogP contribution >= 0.6 is 22.7 Å². The van der Waals surface area contributed by atoms with E-state index in [0.717, 1.165) is 38.4 Å². The first kappa shape index (κ1) is 12.7. The fourth-order valence-corrected chi connectivity index (χ4v) is 3.68. The summed E-state index contributed by atoms with van der Waals surface area (Å²) < 4.78 is 7.00. The van der Waals surface area contributed by atoms with E-state index < -0.39 is 0 Å². The van der Waals surface area contributed by atoms with Crippen LogP contribution in [0.25, 0.3) is 16.3 Å². The molecular formula is C13H11N5OS2. The lowest BCUT2D eigenvalue weighted by molar-refractivity contribution is 0.392. The molecule has 0 saturated carbocycles. The molecule has 0 aliphatic carbocycles. The molecule has 4 aromatic rings. The Morgan fingerprint density at radius 3 is 2.90 bits per heavy atom. The van der Waals surface area contributed by atoms with Crippen LogP contribution in [0.2, 0.25) is 0 Å². The zero-order valence-electron chi connectivity index (χ0n) is 11.4. The van der Waals surface area contributed by atoms with Crippen molar-refractivity contribution in [2.45, 2.75) is 20.3 Å². The summed E-state index contributed by atoms with van der Waals surface area (Å²) in [5, 5.41) is 22.1. The standard InChI is InChI=1S/C13H11N5OS2/c1-7-10(8(2)19-17-7)5-11-16-18-12(9-3-4-20-6-9)14-15-13(18)21-11/h3-4,6H,5H2,1-2H3. The van der Waals surface area contributed by atoms with Gasteiger partial charge in [-0.2, -0.15) is 21.0 Å². The van der Waals surface area contributed by atoms with Crippen LogP contribution in [0, 0.1) is 13.8 Å². The molecule has 21 heavy (non-hydrogen) atoms. The predicted octanol–water partition coefficient (Wildman–Crippen LogP) is 3.11. The van der Waals surface area contributed by atoms with Crippen molar-refractivity contribution in [2.75, 3.05) is 0 Å². The van der Waals surface area contributed by atoms with Gasteiger partial charge < -0.3 is 4.52 Å². The first-order chi connectivity index (χ1) is 10.2. The van der Waals surface area contributed by atoms with E-state index in [2.05, 4.69) is 20.5 Å². The van der Waals surface area contributed by atoms with E-state index >= 15 is 0 Å². The first-order valence-electron chi connectivity index (χ1n) is 6.38. The molecule has 0 atom stereocenters. The summed E-state index contributed by atoms with van der Waals surface area (Å²) >= 11 is 3.18. The molecule has 0 N–H and O–H groups in total. The molecule has 0 radical (unpaired) electrons. The average Bonchev–Trinajstić information content (AvgIpc) is 3.19. The fraction of sp³-hybridized carbons (Fsp3) is 0.231. The first-order valence-corrected chi connectivity index (χ1v) is 8.14. The molecule has 6 nitrogen and oxygen atoms in total. The van der Waals surface area contributed by atoms with Gasteiger partial charge in [-0.3, -0.25) is 0 Å². The normalized spacial score (nSPS) is 11.5. The Hall–Kier alpha value is -2.06. The van der Waals surface area contributed by atoms with Gasteiger partial charge in [-0.05, 0) is 25.3 Å². The minimum atomic E-state index is 0.707. The van der Waals surface area contributed by atoms with Crippen LogP contribution in [0.5, 0.6) is 0 Å². The van der Waals surface area contributed by atoms with Crippen LogP contribution < -0.4 is 0 Å². The highest BCUT2D eigenvalue weighted by Gasteiger charge is 2.16. The second-order valence-corrected chi connectivity index (χ2v) is 6.53. The predicted molar refractivity (Wildman–Crippen MR) is 80.8 cm³/mol. The van der Waals surface area contributed by atoms with Gasteiger partial charge in [0.2, 0.25) is 4.96 Å². The lowest BCUT2D eigenvalue weighted by atomic mass is 10.1. The highest BCUT2D eigenvalue weighted by Crippen LogP contribution is 2.25. The van der Waals surface area contributed by atoms with E-state index in [1.165, 1.54) is 0 Å². The monoisotopic (exact) mass is 317 g/mol. The van der Waals surface area contributed by atoms with Gasteiger partial charge in [0.1, 0.15) is 10.8 Å². The minimum absolute atomic E-state index is 0.707. The smallest absolute Gasteiger partial charge is 0.234 e. The third-order valence-corrected chi connectivity index (χ3v) is 4.90. The van der Waals surface area contributed by atoms with E-state index in [0.29, 0.717) is 6.42 Å². The van der Waals surface area contributed by atoms with Gasteiger partial charge in [-0.25, -0.2) is 0 Å². The molecule has 8 heteroatoms. The summed E-state index contributed by atoms with van der Waals surface area (Å²) in [5.41, 5.74) is 3.05. The molecule has 4 heterocycles. The summed E-state index contributed by atoms with van der Waals surface area (Å²) in [6.45, 7) is 3.87. The number of rotatable bonds is 3. The highest BCUT2D eigenvalue weighted by molar-refractivity contribution is 7.16. The second-order valence-electron chi connectivity index (χ2n) is 4.71. The zero-order chi connectivity index (χ0) is 14.4. The number of hydrogen-bond donors (Lipinski definition) is 0. The molecule has 0 aliphatic heterocycles. The third kappa shape index (κ3) is 2.07. The van der Waals surface area contributed by atoms with Crippen molar-refractivity contribution in [3.63, 3.8) is 0 Å². The van der Waals surface area contributed by atoms with Gasteiger partial charge in [-0.15, -0.1) is 10.2 Å².